The Bertz CT molecular complexity index is 735. The molecule has 0 saturated heterocycles. The predicted molar refractivity (Wildman–Crippen MR) is 87.1 cm³/mol. The summed E-state index contributed by atoms with van der Waals surface area (Å²) in [7, 11) is 1.56. The number of halogens is 1. The lowest BCUT2D eigenvalue weighted by molar-refractivity contribution is -0.385. The molecule has 0 aliphatic heterocycles. The maximum atomic E-state index is 13.9. The van der Waals surface area contributed by atoms with Gasteiger partial charge in [0.15, 0.2) is 0 Å². The highest BCUT2D eigenvalue weighted by atomic mass is 32.2. The van der Waals surface area contributed by atoms with Crippen LogP contribution in [0.4, 0.5) is 10.1 Å². The molecule has 23 heavy (non-hydrogen) atoms. The van der Waals surface area contributed by atoms with Crippen molar-refractivity contribution < 1.29 is 14.1 Å². The number of rotatable bonds is 5. The summed E-state index contributed by atoms with van der Waals surface area (Å²) in [6, 6.07) is 10.7. The zero-order valence-corrected chi connectivity index (χ0v) is 13.5. The Balaban J connectivity index is 2.14. The van der Waals surface area contributed by atoms with Crippen molar-refractivity contribution >= 4 is 23.4 Å². The monoisotopic (exact) mass is 334 g/mol. The van der Waals surface area contributed by atoms with Gasteiger partial charge in [-0.3, -0.25) is 14.9 Å². The largest absolute Gasteiger partial charge is 0.337 e. The molecule has 0 aliphatic carbocycles. The Kier molecular flexibility index (Phi) is 5.33. The summed E-state index contributed by atoms with van der Waals surface area (Å²) < 4.78 is 13.9. The number of non-ortho nitro benzene ring substituents is 1. The molecule has 0 fully saturated rings. The summed E-state index contributed by atoms with van der Waals surface area (Å²) >= 11 is 1.62. The zero-order valence-electron chi connectivity index (χ0n) is 12.7. The molecule has 7 heteroatoms. The second-order valence-electron chi connectivity index (χ2n) is 4.93. The van der Waals surface area contributed by atoms with Crippen LogP contribution < -0.4 is 0 Å². The van der Waals surface area contributed by atoms with Crippen LogP contribution in [0, 0.1) is 15.9 Å². The first kappa shape index (κ1) is 17.0. The zero-order chi connectivity index (χ0) is 17.0. The number of carbonyl (C=O) groups excluding carboxylic acids is 1. The molecular weight excluding hydrogens is 319 g/mol. The van der Waals surface area contributed by atoms with Crippen molar-refractivity contribution in [3.05, 3.63) is 69.5 Å². The number of benzene rings is 2. The van der Waals surface area contributed by atoms with Crippen molar-refractivity contribution in [3.8, 4) is 0 Å². The van der Waals surface area contributed by atoms with Gasteiger partial charge in [-0.05, 0) is 30.0 Å². The minimum atomic E-state index is -0.895. The van der Waals surface area contributed by atoms with E-state index in [1.165, 1.54) is 4.90 Å². The number of hydrogen-bond donors (Lipinski definition) is 0. The van der Waals surface area contributed by atoms with E-state index in [0.717, 1.165) is 28.7 Å². The minimum absolute atomic E-state index is 0.182. The molecule has 2 rings (SSSR count). The van der Waals surface area contributed by atoms with Gasteiger partial charge in [0.2, 0.25) is 0 Å². The third-order valence-electron chi connectivity index (χ3n) is 3.32. The minimum Gasteiger partial charge on any atom is -0.337 e. The molecule has 0 aliphatic rings. The van der Waals surface area contributed by atoms with Crippen molar-refractivity contribution in [2.75, 3.05) is 13.3 Å². The van der Waals surface area contributed by atoms with Gasteiger partial charge in [0.05, 0.1) is 16.6 Å². The highest BCUT2D eigenvalue weighted by Gasteiger charge is 2.19. The van der Waals surface area contributed by atoms with Crippen LogP contribution in [0.25, 0.3) is 0 Å². The molecule has 120 valence electrons. The second-order valence-corrected chi connectivity index (χ2v) is 5.81. The highest BCUT2D eigenvalue weighted by Crippen LogP contribution is 2.19. The van der Waals surface area contributed by atoms with Gasteiger partial charge >= 0.3 is 0 Å². The van der Waals surface area contributed by atoms with E-state index in [0.29, 0.717) is 6.54 Å². The number of nitro groups is 1. The molecule has 2 aromatic carbocycles. The third-order valence-corrected chi connectivity index (χ3v) is 4.06. The summed E-state index contributed by atoms with van der Waals surface area (Å²) in [5.74, 6) is -1.42. The van der Waals surface area contributed by atoms with Gasteiger partial charge in [0, 0.05) is 24.6 Å². The van der Waals surface area contributed by atoms with E-state index in [1.54, 1.807) is 18.8 Å². The van der Waals surface area contributed by atoms with Crippen LogP contribution in [-0.2, 0) is 6.54 Å². The van der Waals surface area contributed by atoms with Gasteiger partial charge in [-0.1, -0.05) is 12.1 Å². The van der Waals surface area contributed by atoms with E-state index in [4.69, 9.17) is 0 Å². The van der Waals surface area contributed by atoms with E-state index in [9.17, 15) is 19.3 Å². The van der Waals surface area contributed by atoms with Crippen LogP contribution in [0.2, 0.25) is 0 Å². The Morgan fingerprint density at radius 2 is 1.91 bits per heavy atom. The van der Waals surface area contributed by atoms with Crippen molar-refractivity contribution in [2.45, 2.75) is 11.4 Å². The maximum absolute atomic E-state index is 13.9. The topological polar surface area (TPSA) is 63.5 Å². The molecule has 2 aromatic rings. The molecule has 0 N–H and O–H groups in total. The molecule has 0 spiro atoms. The number of carbonyl (C=O) groups is 1. The first-order valence-corrected chi connectivity index (χ1v) is 7.97. The summed E-state index contributed by atoms with van der Waals surface area (Å²) in [5.41, 5.74) is 0.356. The summed E-state index contributed by atoms with van der Waals surface area (Å²) in [6.07, 6.45) is 1.97. The maximum Gasteiger partial charge on any atom is 0.272 e. The fraction of sp³-hybridized carbons (Fsp3) is 0.188. The molecule has 0 aromatic heterocycles. The number of nitro benzene ring substituents is 1. The average Bonchev–Trinajstić information content (AvgIpc) is 2.54. The van der Waals surface area contributed by atoms with Crippen LogP contribution in [0.1, 0.15) is 15.9 Å². The Morgan fingerprint density at radius 3 is 2.43 bits per heavy atom. The van der Waals surface area contributed by atoms with Gasteiger partial charge in [0.25, 0.3) is 11.6 Å². The fourth-order valence-corrected chi connectivity index (χ4v) is 2.48. The SMILES string of the molecule is CSc1ccc(CN(C)C(=O)c2ccc([N+](=O)[O-])cc2F)cc1. The fourth-order valence-electron chi connectivity index (χ4n) is 2.07. The van der Waals surface area contributed by atoms with Gasteiger partial charge < -0.3 is 4.90 Å². The molecule has 0 bridgehead atoms. The smallest absolute Gasteiger partial charge is 0.272 e. The summed E-state index contributed by atoms with van der Waals surface area (Å²) in [5, 5.41) is 10.6. The predicted octanol–water partition coefficient (Wildman–Crippen LogP) is 3.73. The standard InChI is InChI=1S/C16H15FN2O3S/c1-18(10-11-3-6-13(23-2)7-4-11)16(20)14-8-5-12(19(21)22)9-15(14)17/h3-9H,10H2,1-2H3. The number of amides is 1. The Labute approximate surface area is 137 Å². The van der Waals surface area contributed by atoms with Crippen LogP contribution >= 0.6 is 11.8 Å². The van der Waals surface area contributed by atoms with Gasteiger partial charge in [-0.15, -0.1) is 11.8 Å². The van der Waals surface area contributed by atoms with Gasteiger partial charge in [0.1, 0.15) is 5.82 Å². The van der Waals surface area contributed by atoms with Crippen molar-refractivity contribution in [2.24, 2.45) is 0 Å². The van der Waals surface area contributed by atoms with Crippen LogP contribution in [0.5, 0.6) is 0 Å². The summed E-state index contributed by atoms with van der Waals surface area (Å²) in [4.78, 5) is 24.7. The Morgan fingerprint density at radius 1 is 1.26 bits per heavy atom. The van der Waals surface area contributed by atoms with E-state index < -0.39 is 16.6 Å². The van der Waals surface area contributed by atoms with Crippen LogP contribution in [0.3, 0.4) is 0 Å². The van der Waals surface area contributed by atoms with Crippen molar-refractivity contribution in [1.82, 2.24) is 4.90 Å². The normalized spacial score (nSPS) is 10.4. The lowest BCUT2D eigenvalue weighted by Crippen LogP contribution is -2.27. The molecule has 1 amide bonds. The van der Waals surface area contributed by atoms with Crippen LogP contribution in [0.15, 0.2) is 47.4 Å². The van der Waals surface area contributed by atoms with E-state index in [1.807, 2.05) is 30.5 Å². The van der Waals surface area contributed by atoms with E-state index in [2.05, 4.69) is 0 Å². The highest BCUT2D eigenvalue weighted by molar-refractivity contribution is 7.98. The molecule has 0 saturated carbocycles. The van der Waals surface area contributed by atoms with E-state index in [-0.39, 0.29) is 11.3 Å². The van der Waals surface area contributed by atoms with Crippen molar-refractivity contribution in [1.29, 1.82) is 0 Å². The van der Waals surface area contributed by atoms with E-state index >= 15 is 0 Å². The average molecular weight is 334 g/mol. The lowest BCUT2D eigenvalue weighted by atomic mass is 10.1. The first-order chi connectivity index (χ1) is 10.9. The van der Waals surface area contributed by atoms with Crippen molar-refractivity contribution in [3.63, 3.8) is 0 Å². The second kappa shape index (κ2) is 7.23. The molecule has 0 heterocycles. The third kappa shape index (κ3) is 4.07. The molecular formula is C16H15FN2O3S. The summed E-state index contributed by atoms with van der Waals surface area (Å²) in [6.45, 7) is 0.323. The Hall–Kier alpha value is -2.41. The molecule has 0 radical (unpaired) electrons. The van der Waals surface area contributed by atoms with Gasteiger partial charge in [-0.25, -0.2) is 4.39 Å². The van der Waals surface area contributed by atoms with Gasteiger partial charge in [-0.2, -0.15) is 0 Å². The number of hydrogen-bond acceptors (Lipinski definition) is 4. The number of thioether (sulfide) groups is 1. The van der Waals surface area contributed by atoms with Crippen LogP contribution in [-0.4, -0.2) is 29.0 Å². The number of nitrogens with zero attached hydrogens (tertiary/aromatic N) is 2. The lowest BCUT2D eigenvalue weighted by Gasteiger charge is -2.17. The molecule has 0 unspecified atom stereocenters. The quantitative estimate of drug-likeness (QED) is 0.475. The molecule has 5 nitrogen and oxygen atoms in total. The first-order valence-electron chi connectivity index (χ1n) is 6.74. The molecule has 0 atom stereocenters.